The van der Waals surface area contributed by atoms with Crippen molar-refractivity contribution in [3.8, 4) is 12.1 Å². The Morgan fingerprint density at radius 3 is 2.67 bits per heavy atom. The van der Waals surface area contributed by atoms with Crippen molar-refractivity contribution < 1.29 is 4.84 Å². The zero-order valence-corrected chi connectivity index (χ0v) is 12.3. The van der Waals surface area contributed by atoms with Crippen LogP contribution < -0.4 is 10.4 Å². The quantitative estimate of drug-likeness (QED) is 0.631. The first-order valence-corrected chi connectivity index (χ1v) is 7.09. The molecule has 0 saturated heterocycles. The van der Waals surface area contributed by atoms with E-state index in [9.17, 15) is 4.79 Å². The standard InChI is InChI=1S/C14H12N4O2S/c1-9(7-15)20-18-13(19)11-5-3-4-6-12(11)17-14(18)21-10(2)8-16/h3-6,9-10H,1-2H3/t9-,10-/m0/s1. The highest BCUT2D eigenvalue weighted by atomic mass is 32.2. The minimum Gasteiger partial charge on any atom is -0.390 e. The van der Waals surface area contributed by atoms with Crippen molar-refractivity contribution in [1.29, 1.82) is 10.5 Å². The van der Waals surface area contributed by atoms with Crippen LogP contribution in [0.25, 0.3) is 10.9 Å². The van der Waals surface area contributed by atoms with Gasteiger partial charge in [-0.05, 0) is 26.0 Å². The Morgan fingerprint density at radius 2 is 2.00 bits per heavy atom. The molecular formula is C14H12N4O2S. The van der Waals surface area contributed by atoms with Crippen LogP contribution in [-0.2, 0) is 0 Å². The molecule has 7 heteroatoms. The van der Waals surface area contributed by atoms with Crippen molar-refractivity contribution in [1.82, 2.24) is 9.71 Å². The summed E-state index contributed by atoms with van der Waals surface area (Å²) in [7, 11) is 0. The predicted octanol–water partition coefficient (Wildman–Crippen LogP) is 1.74. The number of para-hydroxylation sites is 1. The number of aromatic nitrogens is 2. The van der Waals surface area contributed by atoms with Crippen LogP contribution in [-0.4, -0.2) is 21.1 Å². The molecule has 6 nitrogen and oxygen atoms in total. The Bertz CT molecular complexity index is 803. The second-order valence-electron chi connectivity index (χ2n) is 4.28. The molecule has 0 bridgehead atoms. The maximum Gasteiger partial charge on any atom is 0.295 e. The van der Waals surface area contributed by atoms with Crippen LogP contribution in [0.5, 0.6) is 0 Å². The zero-order chi connectivity index (χ0) is 15.4. The Balaban J connectivity index is 2.63. The lowest BCUT2D eigenvalue weighted by Crippen LogP contribution is -2.33. The number of nitrogens with zero attached hydrogens (tertiary/aromatic N) is 4. The minimum absolute atomic E-state index is 0.259. The highest BCUT2D eigenvalue weighted by Gasteiger charge is 2.17. The van der Waals surface area contributed by atoms with Gasteiger partial charge >= 0.3 is 0 Å². The van der Waals surface area contributed by atoms with E-state index in [0.29, 0.717) is 10.9 Å². The summed E-state index contributed by atoms with van der Waals surface area (Å²) in [6.45, 7) is 3.23. The topological polar surface area (TPSA) is 91.7 Å². The van der Waals surface area contributed by atoms with Gasteiger partial charge in [0.25, 0.3) is 5.56 Å². The van der Waals surface area contributed by atoms with Crippen molar-refractivity contribution >= 4 is 22.7 Å². The fraction of sp³-hybridized carbons (Fsp3) is 0.286. The molecule has 0 unspecified atom stereocenters. The Hall–Kier alpha value is -2.51. The average molecular weight is 300 g/mol. The van der Waals surface area contributed by atoms with E-state index in [1.165, 1.54) is 6.92 Å². The lowest BCUT2D eigenvalue weighted by molar-refractivity contribution is 0.0536. The number of hydrogen-bond donors (Lipinski definition) is 0. The molecule has 106 valence electrons. The molecule has 21 heavy (non-hydrogen) atoms. The average Bonchev–Trinajstić information content (AvgIpc) is 2.50. The molecule has 0 radical (unpaired) electrons. The molecule has 2 atom stereocenters. The summed E-state index contributed by atoms with van der Waals surface area (Å²) in [5, 5.41) is 18.0. The number of nitriles is 2. The van der Waals surface area contributed by atoms with E-state index in [2.05, 4.69) is 11.1 Å². The molecule has 0 aliphatic carbocycles. The van der Waals surface area contributed by atoms with Gasteiger partial charge in [-0.2, -0.15) is 10.5 Å². The summed E-state index contributed by atoms with van der Waals surface area (Å²) < 4.78 is 0.995. The van der Waals surface area contributed by atoms with Gasteiger partial charge in [0.2, 0.25) is 11.3 Å². The summed E-state index contributed by atoms with van der Waals surface area (Å²) in [4.78, 5) is 22.1. The Kier molecular flexibility index (Phi) is 4.46. The van der Waals surface area contributed by atoms with Crippen LogP contribution in [0.3, 0.4) is 0 Å². The normalized spacial score (nSPS) is 13.1. The molecule has 0 spiro atoms. The van der Waals surface area contributed by atoms with Crippen LogP contribution in [0.4, 0.5) is 0 Å². The number of rotatable bonds is 4. The summed E-state index contributed by atoms with van der Waals surface area (Å²) in [5.74, 6) is 0. The first-order chi connectivity index (χ1) is 10.1. The summed E-state index contributed by atoms with van der Waals surface area (Å²) >= 11 is 1.11. The highest BCUT2D eigenvalue weighted by Crippen LogP contribution is 2.21. The maximum absolute atomic E-state index is 12.5. The highest BCUT2D eigenvalue weighted by molar-refractivity contribution is 8.00. The van der Waals surface area contributed by atoms with E-state index in [0.717, 1.165) is 16.5 Å². The first-order valence-electron chi connectivity index (χ1n) is 6.21. The molecule has 0 saturated carbocycles. The van der Waals surface area contributed by atoms with Gasteiger partial charge in [0, 0.05) is 0 Å². The van der Waals surface area contributed by atoms with Crippen molar-refractivity contribution in [2.45, 2.75) is 30.4 Å². The number of hydrogen-bond acceptors (Lipinski definition) is 6. The fourth-order valence-corrected chi connectivity index (χ4v) is 2.37. The third-order valence-electron chi connectivity index (χ3n) is 2.62. The van der Waals surface area contributed by atoms with E-state index in [-0.39, 0.29) is 5.16 Å². The summed E-state index contributed by atoms with van der Waals surface area (Å²) in [6, 6.07) is 10.8. The van der Waals surface area contributed by atoms with Gasteiger partial charge in [0.15, 0.2) is 0 Å². The fourth-order valence-electron chi connectivity index (χ4n) is 1.63. The van der Waals surface area contributed by atoms with Crippen LogP contribution in [0.1, 0.15) is 13.8 Å². The van der Waals surface area contributed by atoms with Gasteiger partial charge in [0.05, 0.1) is 22.2 Å². The third-order valence-corrected chi connectivity index (χ3v) is 3.54. The molecule has 0 N–H and O–H groups in total. The van der Waals surface area contributed by atoms with Crippen molar-refractivity contribution in [3.05, 3.63) is 34.6 Å². The largest absolute Gasteiger partial charge is 0.390 e. The van der Waals surface area contributed by atoms with Gasteiger partial charge in [-0.15, -0.1) is 4.73 Å². The van der Waals surface area contributed by atoms with Crippen molar-refractivity contribution in [2.75, 3.05) is 0 Å². The van der Waals surface area contributed by atoms with Gasteiger partial charge in [-0.3, -0.25) is 4.79 Å². The number of fused-ring (bicyclic) bond motifs is 1. The van der Waals surface area contributed by atoms with Crippen LogP contribution in [0.15, 0.2) is 34.2 Å². The summed E-state index contributed by atoms with van der Waals surface area (Å²) in [6.07, 6.45) is -0.803. The molecule has 0 aliphatic heterocycles. The Morgan fingerprint density at radius 1 is 1.29 bits per heavy atom. The van der Waals surface area contributed by atoms with Crippen molar-refractivity contribution in [3.63, 3.8) is 0 Å². The molecule has 0 fully saturated rings. The molecule has 2 aromatic rings. The molecule has 0 amide bonds. The monoisotopic (exact) mass is 300 g/mol. The second-order valence-corrected chi connectivity index (χ2v) is 5.58. The zero-order valence-electron chi connectivity index (χ0n) is 11.5. The molecular weight excluding hydrogens is 288 g/mol. The summed E-state index contributed by atoms with van der Waals surface area (Å²) in [5.41, 5.74) is 0.134. The van der Waals surface area contributed by atoms with Crippen LogP contribution in [0, 0.1) is 22.7 Å². The van der Waals surface area contributed by atoms with Gasteiger partial charge in [-0.25, -0.2) is 4.98 Å². The third kappa shape index (κ3) is 3.15. The first kappa shape index (κ1) is 14.9. The number of benzene rings is 1. The van der Waals surface area contributed by atoms with E-state index >= 15 is 0 Å². The van der Waals surface area contributed by atoms with Crippen LogP contribution in [0.2, 0.25) is 0 Å². The number of thioether (sulfide) groups is 1. The van der Waals surface area contributed by atoms with E-state index in [4.69, 9.17) is 15.4 Å². The smallest absolute Gasteiger partial charge is 0.295 e. The van der Waals surface area contributed by atoms with E-state index in [1.54, 1.807) is 31.2 Å². The SMILES string of the molecule is C[C@@H](C#N)On1c(S[C@@H](C)C#N)nc2ccccc2c1=O. The van der Waals surface area contributed by atoms with Crippen molar-refractivity contribution in [2.24, 2.45) is 0 Å². The predicted molar refractivity (Wildman–Crippen MR) is 78.6 cm³/mol. The molecule has 0 aliphatic rings. The van der Waals surface area contributed by atoms with Gasteiger partial charge in [-0.1, -0.05) is 23.9 Å². The molecule has 2 rings (SSSR count). The molecule has 1 aromatic carbocycles. The molecule has 1 aromatic heterocycles. The van der Waals surface area contributed by atoms with Crippen LogP contribution >= 0.6 is 11.8 Å². The maximum atomic E-state index is 12.5. The van der Waals surface area contributed by atoms with E-state index < -0.39 is 16.9 Å². The minimum atomic E-state index is -0.803. The van der Waals surface area contributed by atoms with E-state index in [1.807, 2.05) is 6.07 Å². The lowest BCUT2D eigenvalue weighted by atomic mass is 10.2. The molecule has 1 heterocycles. The van der Waals surface area contributed by atoms with Gasteiger partial charge in [0.1, 0.15) is 6.07 Å². The lowest BCUT2D eigenvalue weighted by Gasteiger charge is -2.15. The second kappa shape index (κ2) is 6.29. The van der Waals surface area contributed by atoms with Gasteiger partial charge < -0.3 is 4.84 Å². The Labute approximate surface area is 125 Å².